The number of aliphatic imine (C=N–C) groups is 1. The van der Waals surface area contributed by atoms with E-state index in [-0.39, 0.29) is 0 Å². The molecule has 0 aromatic carbocycles. The third-order valence-corrected chi connectivity index (χ3v) is 1.99. The number of isothiocyanates is 1. The Morgan fingerprint density at radius 3 is 2.64 bits per heavy atom. The first-order valence-electron chi connectivity index (χ1n) is 3.63. The van der Waals surface area contributed by atoms with Gasteiger partial charge in [-0.2, -0.15) is 0 Å². The van der Waals surface area contributed by atoms with Gasteiger partial charge in [0.1, 0.15) is 0 Å². The Morgan fingerprint density at radius 2 is 2.18 bits per heavy atom. The van der Waals surface area contributed by atoms with Crippen LogP contribution in [0.5, 0.6) is 0 Å². The van der Waals surface area contributed by atoms with E-state index in [0.29, 0.717) is 6.04 Å². The van der Waals surface area contributed by atoms with Crippen molar-refractivity contribution < 1.29 is 4.79 Å². The van der Waals surface area contributed by atoms with Gasteiger partial charge in [-0.25, -0.2) is 4.99 Å². The van der Waals surface area contributed by atoms with E-state index in [4.69, 9.17) is 0 Å². The molecule has 1 saturated heterocycles. The summed E-state index contributed by atoms with van der Waals surface area (Å²) >= 11 is 4.49. The second-order valence-electron chi connectivity index (χ2n) is 2.59. The molecule has 0 aliphatic carbocycles. The van der Waals surface area contributed by atoms with Crippen molar-refractivity contribution in [2.75, 3.05) is 13.1 Å². The molecule has 1 aliphatic rings. The maximum Gasteiger partial charge on any atom is 0.209 e. The van der Waals surface area contributed by atoms with Crippen LogP contribution in [-0.4, -0.2) is 35.6 Å². The molecule has 0 unspecified atom stereocenters. The monoisotopic (exact) mass is 170 g/mol. The Hall–Kier alpha value is -0.730. The van der Waals surface area contributed by atoms with E-state index < -0.39 is 0 Å². The van der Waals surface area contributed by atoms with Crippen LogP contribution in [0.1, 0.15) is 12.8 Å². The predicted molar refractivity (Wildman–Crippen MR) is 45.7 cm³/mol. The van der Waals surface area contributed by atoms with Crippen molar-refractivity contribution in [3.63, 3.8) is 0 Å². The molecule has 1 aliphatic heterocycles. The molecule has 1 heterocycles. The molecule has 0 spiro atoms. The summed E-state index contributed by atoms with van der Waals surface area (Å²) in [5.41, 5.74) is 0. The lowest BCUT2D eigenvalue weighted by atomic mass is 10.1. The second kappa shape index (κ2) is 4.21. The molecule has 0 aromatic rings. The zero-order valence-corrected chi connectivity index (χ0v) is 7.01. The number of nitrogens with zero attached hydrogens (tertiary/aromatic N) is 2. The summed E-state index contributed by atoms with van der Waals surface area (Å²) in [5.74, 6) is 0. The van der Waals surface area contributed by atoms with Crippen LogP contribution >= 0.6 is 12.2 Å². The Balaban J connectivity index is 2.35. The Kier molecular flexibility index (Phi) is 3.20. The Bertz CT molecular complexity index is 181. The van der Waals surface area contributed by atoms with Crippen molar-refractivity contribution in [3.8, 4) is 0 Å². The lowest BCUT2D eigenvalue weighted by Gasteiger charge is -2.25. The van der Waals surface area contributed by atoms with Crippen LogP contribution in [0.25, 0.3) is 0 Å². The van der Waals surface area contributed by atoms with Crippen molar-refractivity contribution >= 4 is 23.8 Å². The predicted octanol–water partition coefficient (Wildman–Crippen LogP) is 0.710. The summed E-state index contributed by atoms with van der Waals surface area (Å²) in [6.45, 7) is 1.60. The molecule has 4 heteroatoms. The highest BCUT2D eigenvalue weighted by Gasteiger charge is 2.16. The first-order valence-corrected chi connectivity index (χ1v) is 4.04. The summed E-state index contributed by atoms with van der Waals surface area (Å²) in [6, 6.07) is 0.295. The van der Waals surface area contributed by atoms with E-state index in [0.717, 1.165) is 32.3 Å². The van der Waals surface area contributed by atoms with E-state index in [1.807, 2.05) is 0 Å². The normalized spacial score (nSPS) is 19.1. The minimum atomic E-state index is 0.295. The van der Waals surface area contributed by atoms with Crippen LogP contribution in [0.2, 0.25) is 0 Å². The summed E-state index contributed by atoms with van der Waals surface area (Å²) < 4.78 is 0. The molecule has 60 valence electrons. The number of rotatable bonds is 2. The SMILES string of the molecule is O=CN1CCC(N=C=S)CC1. The molecule has 0 saturated carbocycles. The highest BCUT2D eigenvalue weighted by Crippen LogP contribution is 2.10. The van der Waals surface area contributed by atoms with Gasteiger partial charge in [0.05, 0.1) is 11.2 Å². The standard InChI is InChI=1S/C7H10N2OS/c10-6-9-3-1-7(2-4-9)8-5-11/h6-7H,1-4H2. The lowest BCUT2D eigenvalue weighted by Crippen LogP contribution is -2.33. The average Bonchev–Trinajstić information content (AvgIpc) is 2.07. The largest absolute Gasteiger partial charge is 0.345 e. The number of hydrogen-bond donors (Lipinski definition) is 0. The van der Waals surface area contributed by atoms with Gasteiger partial charge in [0, 0.05) is 13.1 Å². The molecule has 0 radical (unpaired) electrons. The summed E-state index contributed by atoms with van der Waals surface area (Å²) in [4.78, 5) is 16.0. The number of likely N-dealkylation sites (tertiary alicyclic amines) is 1. The van der Waals surface area contributed by atoms with Gasteiger partial charge in [-0.3, -0.25) is 4.79 Å². The van der Waals surface area contributed by atoms with Gasteiger partial charge in [0.25, 0.3) is 0 Å². The molecule has 1 amide bonds. The van der Waals surface area contributed by atoms with E-state index >= 15 is 0 Å². The van der Waals surface area contributed by atoms with Crippen LogP contribution in [0.3, 0.4) is 0 Å². The van der Waals surface area contributed by atoms with Crippen molar-refractivity contribution in [2.24, 2.45) is 4.99 Å². The number of hydrogen-bond acceptors (Lipinski definition) is 3. The zero-order chi connectivity index (χ0) is 8.10. The molecule has 0 bridgehead atoms. The fourth-order valence-electron chi connectivity index (χ4n) is 1.19. The summed E-state index contributed by atoms with van der Waals surface area (Å²) in [6.07, 6.45) is 2.72. The molecule has 0 atom stereocenters. The fourth-order valence-corrected chi connectivity index (χ4v) is 1.34. The van der Waals surface area contributed by atoms with Crippen LogP contribution in [-0.2, 0) is 4.79 Å². The molecule has 11 heavy (non-hydrogen) atoms. The minimum absolute atomic E-state index is 0.295. The van der Waals surface area contributed by atoms with Crippen LogP contribution in [0, 0.1) is 0 Å². The van der Waals surface area contributed by atoms with Crippen LogP contribution < -0.4 is 0 Å². The van der Waals surface area contributed by atoms with E-state index in [2.05, 4.69) is 22.4 Å². The van der Waals surface area contributed by atoms with Crippen molar-refractivity contribution in [1.29, 1.82) is 0 Å². The van der Waals surface area contributed by atoms with Gasteiger partial charge in [-0.15, -0.1) is 0 Å². The van der Waals surface area contributed by atoms with Crippen LogP contribution in [0.4, 0.5) is 0 Å². The van der Waals surface area contributed by atoms with E-state index in [1.54, 1.807) is 4.90 Å². The quantitative estimate of drug-likeness (QED) is 0.347. The molecule has 0 aromatic heterocycles. The Labute approximate surface area is 71.1 Å². The topological polar surface area (TPSA) is 32.7 Å². The maximum atomic E-state index is 10.3. The highest BCUT2D eigenvalue weighted by molar-refractivity contribution is 7.78. The molecular weight excluding hydrogens is 160 g/mol. The second-order valence-corrected chi connectivity index (χ2v) is 2.78. The van der Waals surface area contributed by atoms with Gasteiger partial charge in [-0.1, -0.05) is 0 Å². The average molecular weight is 170 g/mol. The summed E-state index contributed by atoms with van der Waals surface area (Å²) in [5, 5.41) is 2.37. The van der Waals surface area contributed by atoms with Gasteiger partial charge in [0.2, 0.25) is 6.41 Å². The number of carbonyl (C=O) groups is 1. The number of amides is 1. The summed E-state index contributed by atoms with van der Waals surface area (Å²) in [7, 11) is 0. The van der Waals surface area contributed by atoms with Crippen molar-refractivity contribution in [2.45, 2.75) is 18.9 Å². The molecule has 1 fully saturated rings. The number of thiocarbonyl (C=S) groups is 1. The number of piperidine rings is 1. The third kappa shape index (κ3) is 2.41. The molecule has 0 N–H and O–H groups in total. The van der Waals surface area contributed by atoms with Crippen molar-refractivity contribution in [1.82, 2.24) is 4.90 Å². The van der Waals surface area contributed by atoms with E-state index in [9.17, 15) is 4.79 Å². The molecule has 1 rings (SSSR count). The smallest absolute Gasteiger partial charge is 0.209 e. The first-order chi connectivity index (χ1) is 5.36. The molecular formula is C7H10N2OS. The van der Waals surface area contributed by atoms with E-state index in [1.165, 1.54) is 0 Å². The maximum absolute atomic E-state index is 10.3. The van der Waals surface area contributed by atoms with Gasteiger partial charge >= 0.3 is 0 Å². The lowest BCUT2D eigenvalue weighted by molar-refractivity contribution is -0.119. The zero-order valence-electron chi connectivity index (χ0n) is 6.19. The first kappa shape index (κ1) is 8.37. The fraction of sp³-hybridized carbons (Fsp3) is 0.714. The van der Waals surface area contributed by atoms with Gasteiger partial charge in [0.15, 0.2) is 0 Å². The highest BCUT2D eigenvalue weighted by atomic mass is 32.1. The molecule has 3 nitrogen and oxygen atoms in total. The Morgan fingerprint density at radius 1 is 1.55 bits per heavy atom. The van der Waals surface area contributed by atoms with Crippen molar-refractivity contribution in [3.05, 3.63) is 0 Å². The third-order valence-electron chi connectivity index (χ3n) is 1.88. The van der Waals surface area contributed by atoms with Gasteiger partial charge in [-0.05, 0) is 25.1 Å². The van der Waals surface area contributed by atoms with Gasteiger partial charge < -0.3 is 4.90 Å². The minimum Gasteiger partial charge on any atom is -0.345 e. The van der Waals surface area contributed by atoms with Crippen LogP contribution in [0.15, 0.2) is 4.99 Å². The number of carbonyl (C=O) groups excluding carboxylic acids is 1.